The van der Waals surface area contributed by atoms with Crippen molar-refractivity contribution in [1.29, 1.82) is 0 Å². The van der Waals surface area contributed by atoms with E-state index >= 15 is 0 Å². The zero-order valence-corrected chi connectivity index (χ0v) is 24.1. The molecular formula is C32H45FN6O. The van der Waals surface area contributed by atoms with E-state index < -0.39 is 6.17 Å². The highest BCUT2D eigenvalue weighted by molar-refractivity contribution is 5.78. The van der Waals surface area contributed by atoms with Crippen molar-refractivity contribution < 1.29 is 9.13 Å². The Morgan fingerprint density at radius 3 is 2.40 bits per heavy atom. The van der Waals surface area contributed by atoms with E-state index in [9.17, 15) is 4.39 Å². The van der Waals surface area contributed by atoms with Crippen molar-refractivity contribution >= 4 is 16.9 Å². The van der Waals surface area contributed by atoms with E-state index in [0.29, 0.717) is 24.9 Å². The highest BCUT2D eigenvalue weighted by Gasteiger charge is 2.25. The van der Waals surface area contributed by atoms with Crippen molar-refractivity contribution in [2.24, 2.45) is 11.8 Å². The Labute approximate surface area is 238 Å². The second kappa shape index (κ2) is 12.9. The molecule has 1 atom stereocenters. The minimum atomic E-state index is -1.21. The Hall–Kier alpha value is -2.58. The summed E-state index contributed by atoms with van der Waals surface area (Å²) in [6.45, 7) is 8.47. The molecule has 1 saturated carbocycles. The number of alkyl halides is 1. The molecule has 1 unspecified atom stereocenters. The second-order valence-corrected chi connectivity index (χ2v) is 12.2. The number of imidazole rings is 1. The molecule has 40 heavy (non-hydrogen) atoms. The Bertz CT molecular complexity index is 1240. The number of para-hydroxylation sites is 2. The number of fused-ring (bicyclic) bond motifs is 1. The maximum absolute atomic E-state index is 14.8. The standard InChI is InChI=1S/C32H45FN6O/c1-24(33)32-34-27-9-3-4-10-28(27)39(32)31-22-30(38-18-20-40-21-19-38)35-29(36-31)11-7-8-25-12-14-26(15-13-25)23-37-16-5-2-6-17-37/h3-4,9-10,22,24-26H,2,5-8,11-21,23H2,1H3. The molecule has 1 aromatic carbocycles. The van der Waals surface area contributed by atoms with Gasteiger partial charge >= 0.3 is 0 Å². The zero-order valence-electron chi connectivity index (χ0n) is 24.1. The van der Waals surface area contributed by atoms with Gasteiger partial charge in [-0.15, -0.1) is 0 Å². The van der Waals surface area contributed by atoms with Crippen LogP contribution in [0.2, 0.25) is 0 Å². The number of nitrogens with zero attached hydrogens (tertiary/aromatic N) is 6. The molecule has 0 amide bonds. The van der Waals surface area contributed by atoms with Crippen molar-refractivity contribution in [3.8, 4) is 5.82 Å². The Balaban J connectivity index is 1.15. The van der Waals surface area contributed by atoms with Gasteiger partial charge in [0.05, 0.1) is 24.2 Å². The molecule has 2 aliphatic heterocycles. The summed E-state index contributed by atoms with van der Waals surface area (Å²) in [5, 5.41) is 0. The van der Waals surface area contributed by atoms with Crippen LogP contribution in [-0.4, -0.2) is 70.4 Å². The molecule has 3 aromatic rings. The van der Waals surface area contributed by atoms with Crippen LogP contribution < -0.4 is 4.90 Å². The highest BCUT2D eigenvalue weighted by Crippen LogP contribution is 2.33. The molecule has 1 aliphatic carbocycles. The minimum absolute atomic E-state index is 0.389. The fourth-order valence-corrected chi connectivity index (χ4v) is 6.96. The van der Waals surface area contributed by atoms with Gasteiger partial charge in [0.2, 0.25) is 0 Å². The molecule has 216 valence electrons. The monoisotopic (exact) mass is 548 g/mol. The van der Waals surface area contributed by atoms with Crippen LogP contribution in [0.25, 0.3) is 16.9 Å². The molecule has 2 aromatic heterocycles. The van der Waals surface area contributed by atoms with Gasteiger partial charge in [-0.1, -0.05) is 37.8 Å². The van der Waals surface area contributed by atoms with Gasteiger partial charge in [-0.25, -0.2) is 19.3 Å². The molecule has 4 heterocycles. The summed E-state index contributed by atoms with van der Waals surface area (Å²) in [7, 11) is 0. The minimum Gasteiger partial charge on any atom is -0.378 e. The average molecular weight is 549 g/mol. The summed E-state index contributed by atoms with van der Waals surface area (Å²) in [6, 6.07) is 9.84. The molecule has 8 heteroatoms. The van der Waals surface area contributed by atoms with Crippen molar-refractivity contribution in [1.82, 2.24) is 24.4 Å². The molecule has 6 rings (SSSR count). The van der Waals surface area contributed by atoms with Crippen molar-refractivity contribution in [3.63, 3.8) is 0 Å². The number of likely N-dealkylation sites (tertiary alicyclic amines) is 1. The fourth-order valence-electron chi connectivity index (χ4n) is 6.96. The number of morpholine rings is 1. The summed E-state index contributed by atoms with van der Waals surface area (Å²) in [5.41, 5.74) is 1.66. The number of rotatable bonds is 9. The first kappa shape index (κ1) is 27.6. The first-order valence-corrected chi connectivity index (χ1v) is 15.7. The number of hydrogen-bond acceptors (Lipinski definition) is 6. The van der Waals surface area contributed by atoms with E-state index in [1.807, 2.05) is 34.9 Å². The van der Waals surface area contributed by atoms with Crippen LogP contribution in [0.5, 0.6) is 0 Å². The van der Waals surface area contributed by atoms with Gasteiger partial charge in [-0.05, 0) is 76.1 Å². The second-order valence-electron chi connectivity index (χ2n) is 12.2. The average Bonchev–Trinajstić information content (AvgIpc) is 3.39. The fraction of sp³-hybridized carbons (Fsp3) is 0.656. The summed E-state index contributed by atoms with van der Waals surface area (Å²) < 4.78 is 22.3. The van der Waals surface area contributed by atoms with Gasteiger partial charge in [-0.2, -0.15) is 0 Å². The number of aromatic nitrogens is 4. The van der Waals surface area contributed by atoms with Crippen molar-refractivity contribution in [2.45, 2.75) is 77.3 Å². The number of hydrogen-bond donors (Lipinski definition) is 0. The van der Waals surface area contributed by atoms with Crippen LogP contribution in [0, 0.1) is 11.8 Å². The van der Waals surface area contributed by atoms with Gasteiger partial charge in [0.25, 0.3) is 0 Å². The largest absolute Gasteiger partial charge is 0.378 e. The van der Waals surface area contributed by atoms with Crippen LogP contribution in [0.4, 0.5) is 10.2 Å². The predicted octanol–water partition coefficient (Wildman–Crippen LogP) is 6.30. The molecular weight excluding hydrogens is 503 g/mol. The smallest absolute Gasteiger partial charge is 0.155 e. The van der Waals surface area contributed by atoms with Gasteiger partial charge in [0, 0.05) is 32.1 Å². The third-order valence-corrected chi connectivity index (χ3v) is 9.20. The summed E-state index contributed by atoms with van der Waals surface area (Å²) in [6.07, 6.45) is 11.6. The third-order valence-electron chi connectivity index (χ3n) is 9.20. The summed E-state index contributed by atoms with van der Waals surface area (Å²) >= 11 is 0. The van der Waals surface area contributed by atoms with Crippen LogP contribution in [0.15, 0.2) is 30.3 Å². The third kappa shape index (κ3) is 6.49. The summed E-state index contributed by atoms with van der Waals surface area (Å²) in [4.78, 5) is 19.6. The molecule has 3 aliphatic rings. The number of benzene rings is 1. The van der Waals surface area contributed by atoms with E-state index in [-0.39, 0.29) is 0 Å². The molecule has 0 radical (unpaired) electrons. The van der Waals surface area contributed by atoms with E-state index in [0.717, 1.165) is 60.4 Å². The van der Waals surface area contributed by atoms with Crippen molar-refractivity contribution in [2.75, 3.05) is 50.8 Å². The first-order valence-electron chi connectivity index (χ1n) is 15.7. The van der Waals surface area contributed by atoms with Crippen LogP contribution in [0.3, 0.4) is 0 Å². The SMILES string of the molecule is CC(F)c1nc2ccccc2n1-c1cc(N2CCOCC2)nc(CCCC2CCC(CN3CCCCC3)CC2)n1. The van der Waals surface area contributed by atoms with E-state index in [4.69, 9.17) is 14.7 Å². The maximum Gasteiger partial charge on any atom is 0.155 e. The maximum atomic E-state index is 14.8. The highest BCUT2D eigenvalue weighted by atomic mass is 19.1. The normalized spacial score (nSPS) is 23.5. The topological polar surface area (TPSA) is 59.3 Å². The van der Waals surface area contributed by atoms with Gasteiger partial charge in [0.1, 0.15) is 23.3 Å². The quantitative estimate of drug-likeness (QED) is 0.313. The van der Waals surface area contributed by atoms with Crippen LogP contribution in [0.1, 0.15) is 82.5 Å². The number of ether oxygens (including phenoxy) is 1. The first-order chi connectivity index (χ1) is 19.6. The van der Waals surface area contributed by atoms with E-state index in [2.05, 4.69) is 14.8 Å². The molecule has 2 saturated heterocycles. The lowest BCUT2D eigenvalue weighted by molar-refractivity contribution is 0.122. The number of anilines is 1. The van der Waals surface area contributed by atoms with Crippen LogP contribution in [-0.2, 0) is 11.2 Å². The summed E-state index contributed by atoms with van der Waals surface area (Å²) in [5.74, 6) is 4.54. The lowest BCUT2D eigenvalue weighted by Gasteiger charge is -2.34. The van der Waals surface area contributed by atoms with Crippen molar-refractivity contribution in [3.05, 3.63) is 42.0 Å². The molecule has 3 fully saturated rings. The van der Waals surface area contributed by atoms with Gasteiger partial charge in [-0.3, -0.25) is 4.57 Å². The van der Waals surface area contributed by atoms with E-state index in [1.165, 1.54) is 71.0 Å². The lowest BCUT2D eigenvalue weighted by Crippen LogP contribution is -2.37. The zero-order chi connectivity index (χ0) is 27.3. The Kier molecular flexibility index (Phi) is 8.92. The Morgan fingerprint density at radius 2 is 1.62 bits per heavy atom. The molecule has 0 N–H and O–H groups in total. The van der Waals surface area contributed by atoms with Gasteiger partial charge in [0.15, 0.2) is 6.17 Å². The molecule has 0 bridgehead atoms. The van der Waals surface area contributed by atoms with Gasteiger partial charge < -0.3 is 14.5 Å². The number of aryl methyl sites for hydroxylation is 1. The molecule has 7 nitrogen and oxygen atoms in total. The Morgan fingerprint density at radius 1 is 0.900 bits per heavy atom. The predicted molar refractivity (Wildman–Crippen MR) is 158 cm³/mol. The van der Waals surface area contributed by atoms with E-state index in [1.54, 1.807) is 6.92 Å². The number of piperidine rings is 1. The number of halogens is 1. The molecule has 0 spiro atoms. The van der Waals surface area contributed by atoms with Crippen LogP contribution >= 0.6 is 0 Å². The lowest BCUT2D eigenvalue weighted by atomic mass is 9.79.